The van der Waals surface area contributed by atoms with Crippen LogP contribution in [0.3, 0.4) is 0 Å². The molecule has 0 aliphatic carbocycles. The zero-order valence-electron chi connectivity index (χ0n) is 24.4. The van der Waals surface area contributed by atoms with Gasteiger partial charge in [-0.1, -0.05) is 72.3 Å². The van der Waals surface area contributed by atoms with Gasteiger partial charge >= 0.3 is 0 Å². The molecule has 5 aromatic rings. The topological polar surface area (TPSA) is 61.5 Å². The van der Waals surface area contributed by atoms with E-state index < -0.39 is 0 Å². The van der Waals surface area contributed by atoms with Crippen LogP contribution >= 0.6 is 11.6 Å². The van der Waals surface area contributed by atoms with Gasteiger partial charge in [0.25, 0.3) is 5.91 Å². The van der Waals surface area contributed by atoms with Gasteiger partial charge in [0.1, 0.15) is 0 Å². The van der Waals surface area contributed by atoms with Crippen LogP contribution in [0.5, 0.6) is 0 Å². The van der Waals surface area contributed by atoms with E-state index >= 15 is 0 Å². The third-order valence-corrected chi connectivity index (χ3v) is 7.93. The fourth-order valence-corrected chi connectivity index (χ4v) is 5.38. The summed E-state index contributed by atoms with van der Waals surface area (Å²) < 4.78 is 15.4. The monoisotopic (exact) mass is 584 g/mol. The molecule has 0 saturated carbocycles. The van der Waals surface area contributed by atoms with E-state index in [0.29, 0.717) is 38.5 Å². The predicted molar refractivity (Wildman–Crippen MR) is 168 cm³/mol. The fraction of sp³-hybridized carbons (Fsp3) is 0.294. The molecule has 8 heteroatoms. The molecule has 1 amide bonds. The van der Waals surface area contributed by atoms with Gasteiger partial charge in [0.05, 0.1) is 43.0 Å². The number of nitrogens with zero attached hydrogens (tertiary/aromatic N) is 4. The number of methoxy groups -OCH3 is 1. The van der Waals surface area contributed by atoms with Crippen LogP contribution in [-0.4, -0.2) is 58.8 Å². The number of carbonyl (C=O) groups excluding carboxylic acids is 1. The van der Waals surface area contributed by atoms with Gasteiger partial charge in [-0.15, -0.1) is 0 Å². The maximum Gasteiger partial charge on any atom is 0.255 e. The summed E-state index contributed by atoms with van der Waals surface area (Å²) in [5, 5.41) is 2.98. The minimum absolute atomic E-state index is 0.0327. The van der Waals surface area contributed by atoms with Crippen molar-refractivity contribution in [1.29, 1.82) is 0 Å². The molecule has 7 nitrogen and oxygen atoms in total. The Balaban J connectivity index is 1.36. The quantitative estimate of drug-likeness (QED) is 0.142. The second-order valence-electron chi connectivity index (χ2n) is 10.5. The molecule has 0 bridgehead atoms. The Hall–Kier alpha value is -3.91. The maximum atomic E-state index is 13.7. The van der Waals surface area contributed by atoms with Crippen molar-refractivity contribution in [2.24, 2.45) is 0 Å². The molecule has 0 aliphatic rings. The van der Waals surface area contributed by atoms with E-state index in [2.05, 4.69) is 44.6 Å². The summed E-state index contributed by atoms with van der Waals surface area (Å²) in [6, 6.07) is 22.3. The molecule has 0 atom stereocenters. The number of hydrogen-bond donors (Lipinski definition) is 0. The Morgan fingerprint density at radius 1 is 0.976 bits per heavy atom. The smallest absolute Gasteiger partial charge is 0.255 e. The van der Waals surface area contributed by atoms with E-state index in [9.17, 15) is 4.79 Å². The maximum absolute atomic E-state index is 13.7. The molecule has 2 heterocycles. The third kappa shape index (κ3) is 6.76. The van der Waals surface area contributed by atoms with Crippen molar-refractivity contribution in [3.8, 4) is 11.1 Å². The Labute approximate surface area is 252 Å². The molecule has 218 valence electrons. The standard InChI is InChI=1S/C34H37ClN4O3/c1-25-33(39(24-36-25)16-9-18-42-23-27-11-5-7-15-32(27)35)22-38-20-30(31(21-38)34(40)37(2)17-19-41-3)29-14-8-12-26-10-4-6-13-28(26)29/h4-8,10-15,20-21,24H,9,16-19,22-23H2,1-3H3. The molecule has 5 rings (SSSR count). The number of imidazole rings is 1. The zero-order valence-corrected chi connectivity index (χ0v) is 25.2. The summed E-state index contributed by atoms with van der Waals surface area (Å²) >= 11 is 6.25. The molecule has 3 aromatic carbocycles. The van der Waals surface area contributed by atoms with Crippen molar-refractivity contribution in [2.75, 3.05) is 33.9 Å². The van der Waals surface area contributed by atoms with Crippen LogP contribution in [0, 0.1) is 6.92 Å². The number of ether oxygens (including phenoxy) is 2. The van der Waals surface area contributed by atoms with Gasteiger partial charge in [0, 0.05) is 56.8 Å². The molecular weight excluding hydrogens is 548 g/mol. The first-order chi connectivity index (χ1) is 20.5. The first kappa shape index (κ1) is 29.6. The van der Waals surface area contributed by atoms with E-state index in [1.807, 2.05) is 69.0 Å². The fourth-order valence-electron chi connectivity index (χ4n) is 5.19. The Bertz CT molecular complexity index is 1650. The SMILES string of the molecule is COCCN(C)C(=O)c1cn(Cc2c(C)ncn2CCCOCc2ccccc2Cl)cc1-c1cccc2ccccc12. The third-order valence-electron chi connectivity index (χ3n) is 7.56. The van der Waals surface area contributed by atoms with Gasteiger partial charge in [0.2, 0.25) is 0 Å². The van der Waals surface area contributed by atoms with E-state index in [4.69, 9.17) is 21.1 Å². The molecule has 0 aliphatic heterocycles. The van der Waals surface area contributed by atoms with Crippen LogP contribution in [0.1, 0.15) is 33.7 Å². The van der Waals surface area contributed by atoms with Crippen LogP contribution in [0.2, 0.25) is 5.02 Å². The Morgan fingerprint density at radius 3 is 2.60 bits per heavy atom. The molecule has 2 aromatic heterocycles. The number of hydrogen-bond acceptors (Lipinski definition) is 4. The van der Waals surface area contributed by atoms with Gasteiger partial charge in [-0.05, 0) is 41.3 Å². The number of carbonyl (C=O) groups is 1. The predicted octanol–water partition coefficient (Wildman–Crippen LogP) is 6.84. The van der Waals surface area contributed by atoms with Gasteiger partial charge in [-0.2, -0.15) is 0 Å². The molecule has 0 N–H and O–H groups in total. The first-order valence-electron chi connectivity index (χ1n) is 14.2. The van der Waals surface area contributed by atoms with E-state index in [0.717, 1.165) is 56.8 Å². The van der Waals surface area contributed by atoms with Gasteiger partial charge < -0.3 is 23.5 Å². The lowest BCUT2D eigenvalue weighted by atomic mass is 9.97. The molecule has 0 unspecified atom stereocenters. The lowest BCUT2D eigenvalue weighted by molar-refractivity contribution is 0.0745. The van der Waals surface area contributed by atoms with Crippen LogP contribution in [0.4, 0.5) is 0 Å². The van der Waals surface area contributed by atoms with Gasteiger partial charge in [-0.3, -0.25) is 4.79 Å². The van der Waals surface area contributed by atoms with Crippen molar-refractivity contribution < 1.29 is 14.3 Å². The molecule has 0 radical (unpaired) electrons. The number of benzene rings is 3. The van der Waals surface area contributed by atoms with Gasteiger partial charge in [-0.25, -0.2) is 4.98 Å². The summed E-state index contributed by atoms with van der Waals surface area (Å²) in [5.74, 6) is -0.0327. The molecular formula is C34H37ClN4O3. The molecule has 42 heavy (non-hydrogen) atoms. The minimum Gasteiger partial charge on any atom is -0.383 e. The number of likely N-dealkylation sites (N-methyl/N-ethyl adjacent to an activating group) is 1. The second kappa shape index (κ2) is 13.8. The Kier molecular flexibility index (Phi) is 9.74. The van der Waals surface area contributed by atoms with Crippen LogP contribution in [0.15, 0.2) is 85.5 Å². The highest BCUT2D eigenvalue weighted by Crippen LogP contribution is 2.33. The van der Waals surface area contributed by atoms with Crippen LogP contribution < -0.4 is 0 Å². The van der Waals surface area contributed by atoms with E-state index in [1.165, 1.54) is 0 Å². The van der Waals surface area contributed by atoms with Crippen molar-refractivity contribution in [3.63, 3.8) is 0 Å². The number of amides is 1. The van der Waals surface area contributed by atoms with Crippen molar-refractivity contribution in [2.45, 2.75) is 33.0 Å². The van der Waals surface area contributed by atoms with Gasteiger partial charge in [0.15, 0.2) is 0 Å². The van der Waals surface area contributed by atoms with Crippen LogP contribution in [-0.2, 0) is 29.2 Å². The minimum atomic E-state index is -0.0327. The summed E-state index contributed by atoms with van der Waals surface area (Å²) in [5.41, 5.74) is 5.69. The molecule has 0 fully saturated rings. The lowest BCUT2D eigenvalue weighted by Gasteiger charge is -2.17. The highest BCUT2D eigenvalue weighted by molar-refractivity contribution is 6.31. The highest BCUT2D eigenvalue weighted by Gasteiger charge is 2.21. The summed E-state index contributed by atoms with van der Waals surface area (Å²) in [6.07, 6.45) is 6.78. The normalized spacial score (nSPS) is 11.3. The van der Waals surface area contributed by atoms with Crippen molar-refractivity contribution in [3.05, 3.63) is 113 Å². The molecule has 0 spiro atoms. The van der Waals surface area contributed by atoms with Crippen molar-refractivity contribution >= 4 is 28.3 Å². The second-order valence-corrected chi connectivity index (χ2v) is 10.9. The van der Waals surface area contributed by atoms with E-state index in [-0.39, 0.29) is 5.91 Å². The first-order valence-corrected chi connectivity index (χ1v) is 14.6. The van der Waals surface area contributed by atoms with E-state index in [1.54, 1.807) is 12.0 Å². The average Bonchev–Trinajstić information content (AvgIpc) is 3.59. The summed E-state index contributed by atoms with van der Waals surface area (Å²) in [6.45, 7) is 5.50. The zero-order chi connectivity index (χ0) is 29.5. The number of aryl methyl sites for hydroxylation is 2. The number of halogens is 1. The molecule has 0 saturated heterocycles. The Morgan fingerprint density at radius 2 is 1.76 bits per heavy atom. The lowest BCUT2D eigenvalue weighted by Crippen LogP contribution is -2.30. The average molecular weight is 585 g/mol. The highest BCUT2D eigenvalue weighted by atomic mass is 35.5. The number of fused-ring (bicyclic) bond motifs is 1. The largest absolute Gasteiger partial charge is 0.383 e. The summed E-state index contributed by atoms with van der Waals surface area (Å²) in [7, 11) is 3.46. The van der Waals surface area contributed by atoms with Crippen molar-refractivity contribution in [1.82, 2.24) is 19.0 Å². The summed E-state index contributed by atoms with van der Waals surface area (Å²) in [4.78, 5) is 20.0. The number of aromatic nitrogens is 3. The number of rotatable bonds is 13. The van der Waals surface area contributed by atoms with Crippen LogP contribution in [0.25, 0.3) is 21.9 Å².